The molecule has 3 nitrogen and oxygen atoms in total. The van der Waals surface area contributed by atoms with Crippen LogP contribution in [0.25, 0.3) is 0 Å². The van der Waals surface area contributed by atoms with Gasteiger partial charge in [-0.15, -0.1) is 0 Å². The normalized spacial score (nSPS) is 21.9. The fraction of sp³-hybridized carbons (Fsp3) is 1.00. The van der Waals surface area contributed by atoms with Gasteiger partial charge >= 0.3 is 0 Å². The molecule has 0 aromatic carbocycles. The summed E-state index contributed by atoms with van der Waals surface area (Å²) in [5.74, 6) is 0. The number of hydrogen-bond acceptors (Lipinski definition) is 3. The summed E-state index contributed by atoms with van der Waals surface area (Å²) in [5.41, 5.74) is 0.254. The number of likely N-dealkylation sites (tertiary alicyclic amines) is 1. The minimum Gasteiger partial charge on any atom is -0.379 e. The van der Waals surface area contributed by atoms with Crippen LogP contribution in [-0.2, 0) is 4.74 Å². The molecule has 1 aliphatic heterocycles. The summed E-state index contributed by atoms with van der Waals surface area (Å²) in [6.07, 6.45) is 6.20. The Morgan fingerprint density at radius 3 is 2.20 bits per heavy atom. The van der Waals surface area contributed by atoms with Crippen molar-refractivity contribution < 1.29 is 4.74 Å². The van der Waals surface area contributed by atoms with Gasteiger partial charge in [0, 0.05) is 18.7 Å². The van der Waals surface area contributed by atoms with Crippen molar-refractivity contribution in [3.05, 3.63) is 0 Å². The van der Waals surface area contributed by atoms with E-state index in [0.29, 0.717) is 6.04 Å². The number of nitrogens with zero attached hydrogens (tertiary/aromatic N) is 1. The van der Waals surface area contributed by atoms with Crippen molar-refractivity contribution in [3.63, 3.8) is 0 Å². The maximum atomic E-state index is 5.60. The van der Waals surface area contributed by atoms with Crippen LogP contribution in [0.3, 0.4) is 0 Å². The van der Waals surface area contributed by atoms with E-state index in [9.17, 15) is 0 Å². The van der Waals surface area contributed by atoms with Gasteiger partial charge in [0.15, 0.2) is 0 Å². The minimum absolute atomic E-state index is 0.0205. The van der Waals surface area contributed by atoms with E-state index in [4.69, 9.17) is 4.74 Å². The Kier molecular flexibility index (Phi) is 6.96. The van der Waals surface area contributed by atoms with Crippen LogP contribution in [0.4, 0.5) is 0 Å². The molecule has 1 aliphatic rings. The molecule has 0 radical (unpaired) electrons. The van der Waals surface area contributed by atoms with Crippen molar-refractivity contribution in [3.8, 4) is 0 Å². The highest BCUT2D eigenvalue weighted by Crippen LogP contribution is 2.31. The molecule has 0 amide bonds. The molecule has 3 heteroatoms. The molecule has 1 N–H and O–H groups in total. The van der Waals surface area contributed by atoms with E-state index in [0.717, 1.165) is 13.0 Å². The van der Waals surface area contributed by atoms with Gasteiger partial charge in [0.25, 0.3) is 0 Å². The first kappa shape index (κ1) is 17.9. The number of ether oxygens (including phenoxy) is 1. The van der Waals surface area contributed by atoms with Crippen LogP contribution in [0, 0.1) is 0 Å². The lowest BCUT2D eigenvalue weighted by atomic mass is 9.82. The Labute approximate surface area is 126 Å². The first-order chi connectivity index (χ1) is 9.39. The lowest BCUT2D eigenvalue weighted by Gasteiger charge is -2.45. The molecular weight excluding hydrogens is 248 g/mol. The van der Waals surface area contributed by atoms with Gasteiger partial charge in [0.05, 0.1) is 5.60 Å². The topological polar surface area (TPSA) is 24.5 Å². The van der Waals surface area contributed by atoms with E-state index in [-0.39, 0.29) is 11.1 Å². The zero-order valence-electron chi connectivity index (χ0n) is 14.6. The van der Waals surface area contributed by atoms with Crippen molar-refractivity contribution in [2.75, 3.05) is 26.7 Å². The second-order valence-corrected chi connectivity index (χ2v) is 7.02. The van der Waals surface area contributed by atoms with Gasteiger partial charge in [0.1, 0.15) is 0 Å². The first-order valence-corrected chi connectivity index (χ1v) is 8.43. The largest absolute Gasteiger partial charge is 0.379 e. The Hall–Kier alpha value is -0.120. The highest BCUT2D eigenvalue weighted by molar-refractivity contribution is 4.98. The van der Waals surface area contributed by atoms with Crippen LogP contribution in [0.1, 0.15) is 66.7 Å². The highest BCUT2D eigenvalue weighted by atomic mass is 16.5. The molecule has 0 spiro atoms. The fourth-order valence-electron chi connectivity index (χ4n) is 3.39. The Bertz CT molecular complexity index is 274. The van der Waals surface area contributed by atoms with Gasteiger partial charge in [-0.05, 0) is 72.5 Å². The Balaban J connectivity index is 2.75. The molecular formula is C17H36N2O. The molecule has 2 atom stereocenters. The molecule has 1 fully saturated rings. The molecule has 1 saturated heterocycles. The third-order valence-corrected chi connectivity index (χ3v) is 5.33. The monoisotopic (exact) mass is 284 g/mol. The first-order valence-electron chi connectivity index (χ1n) is 8.43. The average Bonchev–Trinajstić information content (AvgIpc) is 2.97. The standard InChI is InChI=1S/C17H36N2O/c1-7-17(5,19-13-9-10-14-19)15(18-8-2)11-12-16(3,4)20-6/h15,18H,7-14H2,1-6H3. The predicted octanol–water partition coefficient (Wildman–Crippen LogP) is 3.43. The third kappa shape index (κ3) is 4.44. The minimum atomic E-state index is -0.0205. The van der Waals surface area contributed by atoms with Crippen LogP contribution in [0.2, 0.25) is 0 Å². The van der Waals surface area contributed by atoms with Crippen molar-refractivity contribution in [1.82, 2.24) is 10.2 Å². The van der Waals surface area contributed by atoms with E-state index in [1.165, 1.54) is 38.8 Å². The average molecular weight is 284 g/mol. The fourth-order valence-corrected chi connectivity index (χ4v) is 3.39. The van der Waals surface area contributed by atoms with Crippen molar-refractivity contribution in [1.29, 1.82) is 0 Å². The van der Waals surface area contributed by atoms with Gasteiger partial charge in [-0.25, -0.2) is 0 Å². The molecule has 0 aromatic rings. The van der Waals surface area contributed by atoms with E-state index < -0.39 is 0 Å². The summed E-state index contributed by atoms with van der Waals surface area (Å²) >= 11 is 0. The summed E-state index contributed by atoms with van der Waals surface area (Å²) in [5, 5.41) is 3.75. The second-order valence-electron chi connectivity index (χ2n) is 7.02. The summed E-state index contributed by atoms with van der Waals surface area (Å²) in [6, 6.07) is 0.546. The van der Waals surface area contributed by atoms with Crippen LogP contribution < -0.4 is 5.32 Å². The van der Waals surface area contributed by atoms with Crippen LogP contribution in [-0.4, -0.2) is 48.8 Å². The van der Waals surface area contributed by atoms with E-state index in [1.807, 2.05) is 7.11 Å². The molecule has 0 bridgehead atoms. The molecule has 1 heterocycles. The lowest BCUT2D eigenvalue weighted by Crippen LogP contribution is -2.58. The lowest BCUT2D eigenvalue weighted by molar-refractivity contribution is 0.00249. The molecule has 20 heavy (non-hydrogen) atoms. The van der Waals surface area contributed by atoms with Crippen molar-refractivity contribution in [2.24, 2.45) is 0 Å². The van der Waals surface area contributed by atoms with E-state index in [2.05, 4.69) is 44.8 Å². The smallest absolute Gasteiger partial charge is 0.0623 e. The number of likely N-dealkylation sites (N-methyl/N-ethyl adjacent to an activating group) is 1. The quantitative estimate of drug-likeness (QED) is 0.702. The van der Waals surface area contributed by atoms with Gasteiger partial charge in [0.2, 0.25) is 0 Å². The zero-order valence-corrected chi connectivity index (χ0v) is 14.6. The summed E-state index contributed by atoms with van der Waals surface area (Å²) in [4.78, 5) is 2.71. The predicted molar refractivity (Wildman–Crippen MR) is 87.3 cm³/mol. The van der Waals surface area contributed by atoms with Gasteiger partial charge in [-0.2, -0.15) is 0 Å². The van der Waals surface area contributed by atoms with E-state index >= 15 is 0 Å². The van der Waals surface area contributed by atoms with Crippen molar-refractivity contribution >= 4 is 0 Å². The highest BCUT2D eigenvalue weighted by Gasteiger charge is 2.39. The summed E-state index contributed by atoms with van der Waals surface area (Å²) in [7, 11) is 1.82. The van der Waals surface area contributed by atoms with Gasteiger partial charge < -0.3 is 10.1 Å². The number of rotatable bonds is 9. The molecule has 1 rings (SSSR count). The number of nitrogens with one attached hydrogen (secondary N) is 1. The van der Waals surface area contributed by atoms with Crippen molar-refractivity contribution in [2.45, 2.75) is 83.9 Å². The van der Waals surface area contributed by atoms with Gasteiger partial charge in [-0.1, -0.05) is 13.8 Å². The van der Waals surface area contributed by atoms with Crippen LogP contribution >= 0.6 is 0 Å². The zero-order chi connectivity index (χ0) is 15.2. The molecule has 0 aromatic heterocycles. The summed E-state index contributed by atoms with van der Waals surface area (Å²) in [6.45, 7) is 15.0. The Morgan fingerprint density at radius 1 is 1.15 bits per heavy atom. The Morgan fingerprint density at radius 2 is 1.75 bits per heavy atom. The van der Waals surface area contributed by atoms with Gasteiger partial charge in [-0.3, -0.25) is 4.90 Å². The van der Waals surface area contributed by atoms with Crippen LogP contribution in [0.5, 0.6) is 0 Å². The summed E-state index contributed by atoms with van der Waals surface area (Å²) < 4.78 is 5.60. The van der Waals surface area contributed by atoms with E-state index in [1.54, 1.807) is 0 Å². The maximum Gasteiger partial charge on any atom is 0.0623 e. The van der Waals surface area contributed by atoms with Crippen LogP contribution in [0.15, 0.2) is 0 Å². The number of hydrogen-bond donors (Lipinski definition) is 1. The molecule has 0 saturated carbocycles. The SMILES string of the molecule is CCNC(CCC(C)(C)OC)C(C)(CC)N1CCCC1. The number of methoxy groups -OCH3 is 1. The molecule has 120 valence electrons. The second kappa shape index (κ2) is 7.77. The molecule has 2 unspecified atom stereocenters. The maximum absolute atomic E-state index is 5.60. The molecule has 0 aliphatic carbocycles. The third-order valence-electron chi connectivity index (χ3n) is 5.33.